The molecule has 0 amide bonds. The number of nitrogens with one attached hydrogen (secondary N) is 1. The molecule has 158 valence electrons. The molecule has 3 rings (SSSR count). The van der Waals surface area contributed by atoms with Crippen molar-refractivity contribution in [3.8, 4) is 16.9 Å². The van der Waals surface area contributed by atoms with Crippen molar-refractivity contribution in [1.82, 2.24) is 9.71 Å². The van der Waals surface area contributed by atoms with Crippen molar-refractivity contribution < 1.29 is 17.9 Å². The molecule has 0 radical (unpaired) electrons. The first kappa shape index (κ1) is 22.0. The van der Waals surface area contributed by atoms with Crippen LogP contribution in [0.3, 0.4) is 0 Å². The van der Waals surface area contributed by atoms with E-state index in [0.29, 0.717) is 19.0 Å². The number of ether oxygens (including phenoxy) is 2. The SMILES string of the molecule is CC[C@H]1COCCN1c1cc(-c2cc(OC)ccc2CNS(C)(=O)=O)cc(Br)n1. The summed E-state index contributed by atoms with van der Waals surface area (Å²) < 4.78 is 37.5. The molecule has 7 nitrogen and oxygen atoms in total. The highest BCUT2D eigenvalue weighted by molar-refractivity contribution is 9.10. The van der Waals surface area contributed by atoms with Gasteiger partial charge in [0.25, 0.3) is 0 Å². The number of pyridine rings is 1. The van der Waals surface area contributed by atoms with Gasteiger partial charge in [-0.3, -0.25) is 0 Å². The number of nitrogens with zero attached hydrogens (tertiary/aromatic N) is 2. The van der Waals surface area contributed by atoms with Gasteiger partial charge in [0, 0.05) is 13.1 Å². The minimum Gasteiger partial charge on any atom is -0.497 e. The number of hydrogen-bond donors (Lipinski definition) is 1. The summed E-state index contributed by atoms with van der Waals surface area (Å²) in [5.74, 6) is 1.57. The maximum absolute atomic E-state index is 11.6. The molecular formula is C20H26BrN3O4S. The first-order valence-electron chi connectivity index (χ1n) is 9.44. The molecule has 0 spiro atoms. The van der Waals surface area contributed by atoms with E-state index >= 15 is 0 Å². The van der Waals surface area contributed by atoms with Gasteiger partial charge in [0.05, 0.1) is 32.6 Å². The van der Waals surface area contributed by atoms with E-state index < -0.39 is 10.0 Å². The third-order valence-electron chi connectivity index (χ3n) is 4.93. The lowest BCUT2D eigenvalue weighted by atomic mass is 9.99. The van der Waals surface area contributed by atoms with Gasteiger partial charge in [0.15, 0.2) is 0 Å². The molecule has 1 atom stereocenters. The van der Waals surface area contributed by atoms with Crippen LogP contribution in [-0.4, -0.2) is 52.6 Å². The molecule has 1 aliphatic heterocycles. The van der Waals surface area contributed by atoms with Crippen molar-refractivity contribution in [2.24, 2.45) is 0 Å². The highest BCUT2D eigenvalue weighted by Crippen LogP contribution is 2.33. The molecule has 1 aliphatic rings. The molecule has 2 heterocycles. The van der Waals surface area contributed by atoms with Crippen LogP contribution in [0.4, 0.5) is 5.82 Å². The van der Waals surface area contributed by atoms with Crippen LogP contribution >= 0.6 is 15.9 Å². The monoisotopic (exact) mass is 483 g/mol. The highest BCUT2D eigenvalue weighted by Gasteiger charge is 2.23. The van der Waals surface area contributed by atoms with Crippen LogP contribution < -0.4 is 14.4 Å². The fraction of sp³-hybridized carbons (Fsp3) is 0.450. The topological polar surface area (TPSA) is 80.8 Å². The Balaban J connectivity index is 2.04. The summed E-state index contributed by atoms with van der Waals surface area (Å²) in [6.45, 7) is 4.47. The van der Waals surface area contributed by atoms with E-state index in [1.807, 2.05) is 30.3 Å². The normalized spacial score (nSPS) is 17.4. The predicted molar refractivity (Wildman–Crippen MR) is 118 cm³/mol. The number of anilines is 1. The van der Waals surface area contributed by atoms with Crippen LogP contribution in [0.25, 0.3) is 11.1 Å². The Morgan fingerprint density at radius 2 is 2.14 bits per heavy atom. The zero-order valence-corrected chi connectivity index (χ0v) is 19.2. The summed E-state index contributed by atoms with van der Waals surface area (Å²) >= 11 is 3.54. The first-order valence-corrected chi connectivity index (χ1v) is 12.1. The van der Waals surface area contributed by atoms with Crippen molar-refractivity contribution in [2.45, 2.75) is 25.9 Å². The summed E-state index contributed by atoms with van der Waals surface area (Å²) in [6, 6.07) is 9.87. The minimum atomic E-state index is -3.31. The van der Waals surface area contributed by atoms with Crippen molar-refractivity contribution in [3.05, 3.63) is 40.5 Å². The van der Waals surface area contributed by atoms with Gasteiger partial charge in [-0.25, -0.2) is 18.1 Å². The zero-order valence-electron chi connectivity index (χ0n) is 16.8. The molecule has 0 aliphatic carbocycles. The molecule has 9 heteroatoms. The van der Waals surface area contributed by atoms with Crippen LogP contribution in [0.5, 0.6) is 5.75 Å². The van der Waals surface area contributed by atoms with Crippen LogP contribution in [0.15, 0.2) is 34.9 Å². The van der Waals surface area contributed by atoms with Gasteiger partial charge in [0.2, 0.25) is 10.0 Å². The molecule has 0 bridgehead atoms. The van der Waals surface area contributed by atoms with E-state index in [0.717, 1.165) is 46.3 Å². The average Bonchev–Trinajstić information content (AvgIpc) is 2.71. The Morgan fingerprint density at radius 1 is 1.34 bits per heavy atom. The van der Waals surface area contributed by atoms with Gasteiger partial charge in [-0.2, -0.15) is 0 Å². The van der Waals surface area contributed by atoms with E-state index in [2.05, 4.69) is 37.5 Å². The Labute approximate surface area is 180 Å². The second-order valence-electron chi connectivity index (χ2n) is 6.98. The van der Waals surface area contributed by atoms with Crippen LogP contribution in [-0.2, 0) is 21.3 Å². The fourth-order valence-corrected chi connectivity index (χ4v) is 4.24. The van der Waals surface area contributed by atoms with Crippen LogP contribution in [0, 0.1) is 0 Å². The third kappa shape index (κ3) is 5.69. The Bertz CT molecular complexity index is 968. The molecule has 0 saturated carbocycles. The highest BCUT2D eigenvalue weighted by atomic mass is 79.9. The van der Waals surface area contributed by atoms with E-state index in [1.54, 1.807) is 7.11 Å². The summed E-state index contributed by atoms with van der Waals surface area (Å²) in [5.41, 5.74) is 2.69. The number of morpholine rings is 1. The molecule has 1 N–H and O–H groups in total. The van der Waals surface area contributed by atoms with E-state index in [-0.39, 0.29) is 12.6 Å². The van der Waals surface area contributed by atoms with Crippen LogP contribution in [0.2, 0.25) is 0 Å². The van der Waals surface area contributed by atoms with Gasteiger partial charge in [-0.05, 0) is 63.3 Å². The lowest BCUT2D eigenvalue weighted by molar-refractivity contribution is 0.0925. The minimum absolute atomic E-state index is 0.197. The standard InChI is InChI=1S/C20H26BrN3O4S/c1-4-16-13-28-8-7-24(16)20-10-15(9-19(21)23-20)18-11-17(27-2)6-5-14(18)12-22-29(3,25)26/h5-6,9-11,16,22H,4,7-8,12-13H2,1-3H3/t16-/m0/s1. The fourth-order valence-electron chi connectivity index (χ4n) is 3.39. The lowest BCUT2D eigenvalue weighted by Crippen LogP contribution is -2.45. The Hall–Kier alpha value is -1.68. The Kier molecular flexibility index (Phi) is 7.15. The number of benzene rings is 1. The van der Waals surface area contributed by atoms with Gasteiger partial charge in [-0.15, -0.1) is 0 Å². The first-order chi connectivity index (χ1) is 13.8. The maximum Gasteiger partial charge on any atom is 0.209 e. The summed E-state index contributed by atoms with van der Waals surface area (Å²) in [5, 5.41) is 0. The average molecular weight is 484 g/mol. The van der Waals surface area contributed by atoms with Crippen molar-refractivity contribution in [2.75, 3.05) is 38.0 Å². The molecular weight excluding hydrogens is 458 g/mol. The number of aromatic nitrogens is 1. The van der Waals surface area contributed by atoms with Crippen molar-refractivity contribution in [1.29, 1.82) is 0 Å². The number of halogens is 1. The van der Waals surface area contributed by atoms with Crippen molar-refractivity contribution in [3.63, 3.8) is 0 Å². The molecule has 2 aromatic rings. The molecule has 1 aromatic carbocycles. The largest absolute Gasteiger partial charge is 0.497 e. The quantitative estimate of drug-likeness (QED) is 0.609. The third-order valence-corrected chi connectivity index (χ3v) is 6.00. The molecule has 29 heavy (non-hydrogen) atoms. The molecule has 1 fully saturated rings. The number of methoxy groups -OCH3 is 1. The number of rotatable bonds is 7. The zero-order chi connectivity index (χ0) is 21.0. The second kappa shape index (κ2) is 9.42. The maximum atomic E-state index is 11.6. The van der Waals surface area contributed by atoms with E-state index in [9.17, 15) is 8.42 Å². The summed E-state index contributed by atoms with van der Waals surface area (Å²) in [7, 11) is -1.69. The summed E-state index contributed by atoms with van der Waals surface area (Å²) in [4.78, 5) is 6.95. The molecule has 1 saturated heterocycles. The smallest absolute Gasteiger partial charge is 0.209 e. The molecule has 0 unspecified atom stereocenters. The van der Waals surface area contributed by atoms with Gasteiger partial charge in [-0.1, -0.05) is 13.0 Å². The van der Waals surface area contributed by atoms with E-state index in [4.69, 9.17) is 9.47 Å². The Morgan fingerprint density at radius 3 is 2.83 bits per heavy atom. The van der Waals surface area contributed by atoms with E-state index in [1.165, 1.54) is 0 Å². The van der Waals surface area contributed by atoms with Crippen LogP contribution in [0.1, 0.15) is 18.9 Å². The van der Waals surface area contributed by atoms with Gasteiger partial charge < -0.3 is 14.4 Å². The second-order valence-corrected chi connectivity index (χ2v) is 9.63. The van der Waals surface area contributed by atoms with Gasteiger partial charge >= 0.3 is 0 Å². The number of hydrogen-bond acceptors (Lipinski definition) is 6. The predicted octanol–water partition coefficient (Wildman–Crippen LogP) is 3.18. The lowest BCUT2D eigenvalue weighted by Gasteiger charge is -2.36. The number of sulfonamides is 1. The molecule has 1 aromatic heterocycles. The van der Waals surface area contributed by atoms with Gasteiger partial charge in [0.1, 0.15) is 16.2 Å². The summed E-state index contributed by atoms with van der Waals surface area (Å²) in [6.07, 6.45) is 2.12. The van der Waals surface area contributed by atoms with Crippen molar-refractivity contribution >= 4 is 31.8 Å².